The van der Waals surface area contributed by atoms with Crippen LogP contribution in [0, 0.1) is 5.92 Å². The molecular formula is C13H20F3NO3. The lowest BCUT2D eigenvalue weighted by Gasteiger charge is -2.52. The third kappa shape index (κ3) is 3.37. The van der Waals surface area contributed by atoms with Crippen molar-refractivity contribution >= 4 is 6.09 Å². The SMILES string of the molecule is CC(C)(C)OC(=O)N1CC2(CCC(C(F)(F)F)CO2)C1. The molecule has 2 heterocycles. The summed E-state index contributed by atoms with van der Waals surface area (Å²) in [4.78, 5) is 13.2. The van der Waals surface area contributed by atoms with Gasteiger partial charge in [0.1, 0.15) is 11.2 Å². The van der Waals surface area contributed by atoms with E-state index in [0.717, 1.165) is 0 Å². The standard InChI is InChI=1S/C13H20F3NO3/c1-11(2,3)20-10(18)17-7-12(8-17)5-4-9(6-19-12)13(14,15)16/h9H,4-8H2,1-3H3. The zero-order chi connectivity index (χ0) is 15.2. The molecule has 0 saturated carbocycles. The van der Waals surface area contributed by atoms with Gasteiger partial charge in [0.25, 0.3) is 0 Å². The molecule has 1 amide bonds. The van der Waals surface area contributed by atoms with E-state index in [4.69, 9.17) is 9.47 Å². The molecule has 2 rings (SSSR count). The summed E-state index contributed by atoms with van der Waals surface area (Å²) >= 11 is 0. The zero-order valence-corrected chi connectivity index (χ0v) is 11.9. The van der Waals surface area contributed by atoms with E-state index in [1.54, 1.807) is 20.8 Å². The number of carbonyl (C=O) groups excluding carboxylic acids is 1. The monoisotopic (exact) mass is 295 g/mol. The number of amides is 1. The number of hydrogen-bond donors (Lipinski definition) is 0. The fraction of sp³-hybridized carbons (Fsp3) is 0.923. The molecule has 2 aliphatic rings. The second-order valence-corrected chi connectivity index (χ2v) is 6.61. The molecule has 116 valence electrons. The summed E-state index contributed by atoms with van der Waals surface area (Å²) in [6.45, 7) is 5.62. The Morgan fingerprint density at radius 1 is 1.30 bits per heavy atom. The fourth-order valence-corrected chi connectivity index (χ4v) is 2.48. The van der Waals surface area contributed by atoms with Crippen LogP contribution >= 0.6 is 0 Å². The molecular weight excluding hydrogens is 275 g/mol. The van der Waals surface area contributed by atoms with Crippen LogP contribution < -0.4 is 0 Å². The van der Waals surface area contributed by atoms with E-state index < -0.39 is 29.4 Å². The maximum Gasteiger partial charge on any atom is 0.410 e. The highest BCUT2D eigenvalue weighted by molar-refractivity contribution is 5.69. The van der Waals surface area contributed by atoms with Crippen LogP contribution in [0.4, 0.5) is 18.0 Å². The summed E-state index contributed by atoms with van der Waals surface area (Å²) in [5, 5.41) is 0. The molecule has 1 spiro atoms. The summed E-state index contributed by atoms with van der Waals surface area (Å²) in [6, 6.07) is 0. The molecule has 2 fully saturated rings. The molecule has 0 aliphatic carbocycles. The van der Waals surface area contributed by atoms with Crippen molar-refractivity contribution in [2.75, 3.05) is 19.7 Å². The predicted octanol–water partition coefficient (Wildman–Crippen LogP) is 2.96. The van der Waals surface area contributed by atoms with Crippen LogP contribution in [0.5, 0.6) is 0 Å². The number of rotatable bonds is 0. The maximum atomic E-state index is 12.5. The van der Waals surface area contributed by atoms with Crippen LogP contribution in [0.15, 0.2) is 0 Å². The molecule has 1 unspecified atom stereocenters. The van der Waals surface area contributed by atoms with Crippen molar-refractivity contribution in [2.24, 2.45) is 5.92 Å². The van der Waals surface area contributed by atoms with Gasteiger partial charge in [-0.05, 0) is 33.6 Å². The van der Waals surface area contributed by atoms with Crippen molar-refractivity contribution in [3.63, 3.8) is 0 Å². The Morgan fingerprint density at radius 3 is 2.30 bits per heavy atom. The van der Waals surface area contributed by atoms with Gasteiger partial charge in [0, 0.05) is 0 Å². The normalized spacial score (nSPS) is 26.3. The van der Waals surface area contributed by atoms with E-state index in [1.165, 1.54) is 4.90 Å². The van der Waals surface area contributed by atoms with Gasteiger partial charge in [-0.15, -0.1) is 0 Å². The lowest BCUT2D eigenvalue weighted by molar-refractivity contribution is -0.243. The third-order valence-corrected chi connectivity index (χ3v) is 3.61. The van der Waals surface area contributed by atoms with E-state index in [9.17, 15) is 18.0 Å². The van der Waals surface area contributed by atoms with Gasteiger partial charge in [-0.3, -0.25) is 0 Å². The minimum atomic E-state index is -4.20. The lowest BCUT2D eigenvalue weighted by atomic mass is 9.83. The van der Waals surface area contributed by atoms with Gasteiger partial charge in [-0.25, -0.2) is 4.79 Å². The molecule has 0 radical (unpaired) electrons. The number of ether oxygens (including phenoxy) is 2. The number of carbonyl (C=O) groups is 1. The molecule has 0 N–H and O–H groups in total. The summed E-state index contributed by atoms with van der Waals surface area (Å²) in [5.41, 5.74) is -1.17. The quantitative estimate of drug-likeness (QED) is 0.689. The average molecular weight is 295 g/mol. The van der Waals surface area contributed by atoms with Crippen molar-refractivity contribution in [1.82, 2.24) is 4.90 Å². The van der Waals surface area contributed by atoms with Crippen molar-refractivity contribution in [3.05, 3.63) is 0 Å². The molecule has 0 aromatic heterocycles. The Hall–Kier alpha value is -0.980. The lowest BCUT2D eigenvalue weighted by Crippen LogP contribution is -2.67. The highest BCUT2D eigenvalue weighted by Crippen LogP contribution is 2.41. The highest BCUT2D eigenvalue weighted by atomic mass is 19.4. The van der Waals surface area contributed by atoms with Gasteiger partial charge in [-0.2, -0.15) is 13.2 Å². The number of halogens is 3. The molecule has 2 aliphatic heterocycles. The first kappa shape index (κ1) is 15.4. The van der Waals surface area contributed by atoms with Gasteiger partial charge in [-0.1, -0.05) is 0 Å². The smallest absolute Gasteiger partial charge is 0.410 e. The van der Waals surface area contributed by atoms with E-state index >= 15 is 0 Å². The Kier molecular flexibility index (Phi) is 3.69. The summed E-state index contributed by atoms with van der Waals surface area (Å²) in [7, 11) is 0. The fourth-order valence-electron chi connectivity index (χ4n) is 2.48. The van der Waals surface area contributed by atoms with Crippen LogP contribution in [-0.2, 0) is 9.47 Å². The Balaban J connectivity index is 1.81. The van der Waals surface area contributed by atoms with Crippen LogP contribution in [0.1, 0.15) is 33.6 Å². The van der Waals surface area contributed by atoms with Gasteiger partial charge >= 0.3 is 12.3 Å². The summed E-state index contributed by atoms with van der Waals surface area (Å²) < 4.78 is 48.2. The van der Waals surface area contributed by atoms with Crippen LogP contribution in [-0.4, -0.2) is 48.1 Å². The average Bonchev–Trinajstić information content (AvgIpc) is 2.22. The topological polar surface area (TPSA) is 38.8 Å². The van der Waals surface area contributed by atoms with Crippen LogP contribution in [0.3, 0.4) is 0 Å². The second-order valence-electron chi connectivity index (χ2n) is 6.61. The largest absolute Gasteiger partial charge is 0.444 e. The minimum absolute atomic E-state index is 0.0612. The minimum Gasteiger partial charge on any atom is -0.444 e. The van der Waals surface area contributed by atoms with Gasteiger partial charge in [0.05, 0.1) is 25.6 Å². The van der Waals surface area contributed by atoms with E-state index in [2.05, 4.69) is 0 Å². The van der Waals surface area contributed by atoms with Crippen molar-refractivity contribution in [2.45, 2.75) is 51.0 Å². The van der Waals surface area contributed by atoms with E-state index in [1.807, 2.05) is 0 Å². The Morgan fingerprint density at radius 2 is 1.90 bits per heavy atom. The molecule has 4 nitrogen and oxygen atoms in total. The van der Waals surface area contributed by atoms with Crippen LogP contribution in [0.25, 0.3) is 0 Å². The number of likely N-dealkylation sites (tertiary alicyclic amines) is 1. The van der Waals surface area contributed by atoms with Gasteiger partial charge in [0.2, 0.25) is 0 Å². The molecule has 1 atom stereocenters. The number of alkyl halides is 3. The second kappa shape index (κ2) is 4.79. The van der Waals surface area contributed by atoms with E-state index in [0.29, 0.717) is 19.5 Å². The predicted molar refractivity (Wildman–Crippen MR) is 65.3 cm³/mol. The van der Waals surface area contributed by atoms with Crippen molar-refractivity contribution in [1.29, 1.82) is 0 Å². The Bertz CT molecular complexity index is 373. The van der Waals surface area contributed by atoms with Gasteiger partial charge < -0.3 is 14.4 Å². The molecule has 0 aromatic rings. The number of hydrogen-bond acceptors (Lipinski definition) is 3. The van der Waals surface area contributed by atoms with Crippen molar-refractivity contribution in [3.8, 4) is 0 Å². The summed E-state index contributed by atoms with van der Waals surface area (Å²) in [5.74, 6) is -1.39. The third-order valence-electron chi connectivity index (χ3n) is 3.61. The first-order valence-electron chi connectivity index (χ1n) is 6.69. The highest BCUT2D eigenvalue weighted by Gasteiger charge is 2.53. The van der Waals surface area contributed by atoms with Gasteiger partial charge in [0.15, 0.2) is 0 Å². The molecule has 0 aromatic carbocycles. The Labute approximate surface area is 116 Å². The first-order valence-corrected chi connectivity index (χ1v) is 6.69. The summed E-state index contributed by atoms with van der Waals surface area (Å²) in [6.07, 6.45) is -4.25. The van der Waals surface area contributed by atoms with Crippen LogP contribution in [0.2, 0.25) is 0 Å². The van der Waals surface area contributed by atoms with E-state index in [-0.39, 0.29) is 13.0 Å². The molecule has 0 bridgehead atoms. The molecule has 20 heavy (non-hydrogen) atoms. The number of nitrogens with zero attached hydrogens (tertiary/aromatic N) is 1. The molecule has 7 heteroatoms. The van der Waals surface area contributed by atoms with Crippen molar-refractivity contribution < 1.29 is 27.4 Å². The maximum absolute atomic E-state index is 12.5. The molecule has 2 saturated heterocycles. The first-order chi connectivity index (χ1) is 9.01. The zero-order valence-electron chi connectivity index (χ0n) is 11.9.